The number of phenols is 1. The molecule has 22 heavy (non-hydrogen) atoms. The highest BCUT2D eigenvalue weighted by Gasteiger charge is 2.12. The van der Waals surface area contributed by atoms with E-state index in [9.17, 15) is 15.0 Å². The zero-order valence-corrected chi connectivity index (χ0v) is 12.1. The van der Waals surface area contributed by atoms with Gasteiger partial charge in [0.05, 0.1) is 29.9 Å². The summed E-state index contributed by atoms with van der Waals surface area (Å²) in [5.74, 6) is 0.0798. The van der Waals surface area contributed by atoms with Gasteiger partial charge in [0.1, 0.15) is 5.75 Å². The molecule has 0 aliphatic carbocycles. The summed E-state index contributed by atoms with van der Waals surface area (Å²) in [5, 5.41) is 20.2. The van der Waals surface area contributed by atoms with E-state index in [0.717, 1.165) is 5.56 Å². The molecular formula is C17H16N2O3. The predicted octanol–water partition coefficient (Wildman–Crippen LogP) is 2.14. The third-order valence-corrected chi connectivity index (χ3v) is 3.60. The molecule has 0 spiro atoms. The smallest absolute Gasteiger partial charge is 0.261 e. The Labute approximate surface area is 127 Å². The number of aryl methyl sites for hydroxylation is 1. The van der Waals surface area contributed by atoms with Crippen molar-refractivity contribution in [1.29, 1.82) is 0 Å². The quantitative estimate of drug-likeness (QED) is 0.776. The number of aromatic nitrogens is 2. The number of aliphatic hydroxyl groups excluding tert-OH is 1. The molecular weight excluding hydrogens is 280 g/mol. The molecule has 0 saturated carbocycles. The number of aromatic hydroxyl groups is 1. The minimum atomic E-state index is -0.895. The molecule has 3 aromatic rings. The Kier molecular flexibility index (Phi) is 3.65. The fraction of sp³-hybridized carbons (Fsp3) is 0.176. The highest BCUT2D eigenvalue weighted by atomic mass is 16.3. The molecule has 0 radical (unpaired) electrons. The topological polar surface area (TPSA) is 75.3 Å². The van der Waals surface area contributed by atoms with Crippen molar-refractivity contribution in [1.82, 2.24) is 9.55 Å². The van der Waals surface area contributed by atoms with Crippen LogP contribution in [0.1, 0.15) is 17.2 Å². The molecule has 0 aliphatic rings. The lowest BCUT2D eigenvalue weighted by molar-refractivity contribution is 0.154. The maximum absolute atomic E-state index is 12.5. The highest BCUT2D eigenvalue weighted by molar-refractivity contribution is 5.77. The maximum atomic E-state index is 12.5. The van der Waals surface area contributed by atoms with Crippen molar-refractivity contribution in [3.05, 3.63) is 70.3 Å². The Morgan fingerprint density at radius 3 is 2.82 bits per heavy atom. The molecule has 1 atom stereocenters. The summed E-state index contributed by atoms with van der Waals surface area (Å²) in [6, 6.07) is 11.9. The average Bonchev–Trinajstić information content (AvgIpc) is 2.50. The van der Waals surface area contributed by atoms with Gasteiger partial charge in [0, 0.05) is 0 Å². The Balaban J connectivity index is 1.97. The number of hydrogen-bond acceptors (Lipinski definition) is 4. The molecule has 0 saturated heterocycles. The lowest BCUT2D eigenvalue weighted by atomic mass is 10.1. The van der Waals surface area contributed by atoms with E-state index in [2.05, 4.69) is 4.98 Å². The third-order valence-electron chi connectivity index (χ3n) is 3.60. The first-order valence-corrected chi connectivity index (χ1v) is 6.97. The van der Waals surface area contributed by atoms with Crippen molar-refractivity contribution in [2.24, 2.45) is 0 Å². The van der Waals surface area contributed by atoms with E-state index in [-0.39, 0.29) is 17.9 Å². The van der Waals surface area contributed by atoms with Crippen LogP contribution in [0.5, 0.6) is 5.75 Å². The van der Waals surface area contributed by atoms with Gasteiger partial charge < -0.3 is 10.2 Å². The number of fused-ring (bicyclic) bond motifs is 1. The monoisotopic (exact) mass is 296 g/mol. The molecule has 0 aliphatic heterocycles. The van der Waals surface area contributed by atoms with Gasteiger partial charge in [-0.2, -0.15) is 0 Å². The summed E-state index contributed by atoms with van der Waals surface area (Å²) in [6.45, 7) is 2.00. The van der Waals surface area contributed by atoms with E-state index in [0.29, 0.717) is 16.5 Å². The van der Waals surface area contributed by atoms with Crippen molar-refractivity contribution >= 4 is 10.9 Å². The lowest BCUT2D eigenvalue weighted by Gasteiger charge is -2.13. The predicted molar refractivity (Wildman–Crippen MR) is 83.8 cm³/mol. The van der Waals surface area contributed by atoms with Crippen LogP contribution in [0.3, 0.4) is 0 Å². The molecule has 112 valence electrons. The maximum Gasteiger partial charge on any atom is 0.261 e. The Hall–Kier alpha value is -2.66. The third kappa shape index (κ3) is 2.71. The Bertz CT molecular complexity index is 886. The molecule has 0 amide bonds. The van der Waals surface area contributed by atoms with Crippen molar-refractivity contribution in [2.45, 2.75) is 19.6 Å². The molecule has 1 aromatic heterocycles. The summed E-state index contributed by atoms with van der Waals surface area (Å²) in [5.41, 5.74) is 1.99. The second-order valence-electron chi connectivity index (χ2n) is 5.33. The summed E-state index contributed by atoms with van der Waals surface area (Å²) in [4.78, 5) is 16.7. The van der Waals surface area contributed by atoms with Crippen LogP contribution in [0.2, 0.25) is 0 Å². The Morgan fingerprint density at radius 2 is 2.05 bits per heavy atom. The van der Waals surface area contributed by atoms with Crippen LogP contribution in [0.25, 0.3) is 10.9 Å². The van der Waals surface area contributed by atoms with Crippen LogP contribution >= 0.6 is 0 Å². The number of phenolic OH excluding ortho intramolecular Hbond substituents is 1. The van der Waals surface area contributed by atoms with E-state index < -0.39 is 6.10 Å². The molecule has 5 nitrogen and oxygen atoms in total. The normalized spacial score (nSPS) is 12.5. The number of nitrogens with zero attached hydrogens (tertiary/aromatic N) is 2. The largest absolute Gasteiger partial charge is 0.508 e. The molecule has 1 heterocycles. The van der Waals surface area contributed by atoms with E-state index in [1.807, 2.05) is 19.1 Å². The summed E-state index contributed by atoms with van der Waals surface area (Å²) in [7, 11) is 0. The van der Waals surface area contributed by atoms with Gasteiger partial charge in [0.15, 0.2) is 0 Å². The fourth-order valence-corrected chi connectivity index (χ4v) is 2.43. The SMILES string of the molecule is Cc1ccc2ncn(CC(O)c3cccc(O)c3)c(=O)c2c1. The molecule has 5 heteroatoms. The molecule has 3 rings (SSSR count). The molecule has 1 unspecified atom stereocenters. The zero-order valence-electron chi connectivity index (χ0n) is 12.1. The van der Waals surface area contributed by atoms with Crippen LogP contribution in [0, 0.1) is 6.92 Å². The number of aliphatic hydroxyl groups is 1. The standard InChI is InChI=1S/C17H16N2O3/c1-11-5-6-15-14(7-11)17(22)19(10-18-15)9-16(21)12-3-2-4-13(20)8-12/h2-8,10,16,20-21H,9H2,1H3. The van der Waals surface area contributed by atoms with Crippen molar-refractivity contribution < 1.29 is 10.2 Å². The lowest BCUT2D eigenvalue weighted by Crippen LogP contribution is -2.23. The summed E-state index contributed by atoms with van der Waals surface area (Å²) in [6.07, 6.45) is 0.542. The second kappa shape index (κ2) is 5.61. The van der Waals surface area contributed by atoms with Gasteiger partial charge in [-0.25, -0.2) is 4.98 Å². The second-order valence-corrected chi connectivity index (χ2v) is 5.33. The number of rotatable bonds is 3. The van der Waals surface area contributed by atoms with E-state index in [4.69, 9.17) is 0 Å². The van der Waals surface area contributed by atoms with Crippen molar-refractivity contribution in [3.63, 3.8) is 0 Å². The van der Waals surface area contributed by atoms with Gasteiger partial charge >= 0.3 is 0 Å². The fourth-order valence-electron chi connectivity index (χ4n) is 2.43. The molecule has 2 aromatic carbocycles. The Morgan fingerprint density at radius 1 is 1.23 bits per heavy atom. The van der Waals surface area contributed by atoms with Crippen LogP contribution in [0.15, 0.2) is 53.6 Å². The first-order valence-electron chi connectivity index (χ1n) is 6.97. The first-order chi connectivity index (χ1) is 10.5. The van der Waals surface area contributed by atoms with Crippen LogP contribution in [0.4, 0.5) is 0 Å². The highest BCUT2D eigenvalue weighted by Crippen LogP contribution is 2.19. The molecule has 2 N–H and O–H groups in total. The number of benzene rings is 2. The number of hydrogen-bond donors (Lipinski definition) is 2. The first kappa shape index (κ1) is 14.3. The average molecular weight is 296 g/mol. The van der Waals surface area contributed by atoms with Crippen LogP contribution in [-0.2, 0) is 6.54 Å². The minimum absolute atomic E-state index is 0.0798. The van der Waals surface area contributed by atoms with Crippen LogP contribution in [-0.4, -0.2) is 19.8 Å². The van der Waals surface area contributed by atoms with Gasteiger partial charge in [-0.05, 0) is 36.8 Å². The van der Waals surface area contributed by atoms with E-state index in [1.165, 1.54) is 23.0 Å². The molecule has 0 bridgehead atoms. The van der Waals surface area contributed by atoms with Gasteiger partial charge in [-0.3, -0.25) is 9.36 Å². The summed E-state index contributed by atoms with van der Waals surface area (Å²) >= 11 is 0. The summed E-state index contributed by atoms with van der Waals surface area (Å²) < 4.78 is 1.39. The van der Waals surface area contributed by atoms with Gasteiger partial charge in [-0.15, -0.1) is 0 Å². The molecule has 0 fully saturated rings. The van der Waals surface area contributed by atoms with Crippen molar-refractivity contribution in [3.8, 4) is 5.75 Å². The van der Waals surface area contributed by atoms with Crippen molar-refractivity contribution in [2.75, 3.05) is 0 Å². The van der Waals surface area contributed by atoms with E-state index >= 15 is 0 Å². The van der Waals surface area contributed by atoms with Crippen LogP contribution < -0.4 is 5.56 Å². The van der Waals surface area contributed by atoms with Gasteiger partial charge in [0.2, 0.25) is 0 Å². The van der Waals surface area contributed by atoms with E-state index in [1.54, 1.807) is 18.2 Å². The minimum Gasteiger partial charge on any atom is -0.508 e. The van der Waals surface area contributed by atoms with Gasteiger partial charge in [0.25, 0.3) is 5.56 Å². The zero-order chi connectivity index (χ0) is 15.7. The van der Waals surface area contributed by atoms with Gasteiger partial charge in [-0.1, -0.05) is 23.8 Å².